The third kappa shape index (κ3) is 3.78. The maximum atomic E-state index is 12.0. The molecule has 0 atom stereocenters. The number of carbonyl (C=O) groups excluding carboxylic acids is 1. The maximum absolute atomic E-state index is 12.0. The Kier molecular flexibility index (Phi) is 6.46. The molecule has 0 aromatic rings. The normalized spacial score (nSPS) is 22.2. The van der Waals surface area contributed by atoms with Gasteiger partial charge < -0.3 is 9.64 Å². The zero-order valence-electron chi connectivity index (χ0n) is 10.7. The molecular formula is C13H25NO2. The molecule has 1 aliphatic carbocycles. The highest BCUT2D eigenvalue weighted by Crippen LogP contribution is 2.25. The lowest BCUT2D eigenvalue weighted by atomic mass is 9.88. The Bertz CT molecular complexity index is 174. The predicted molar refractivity (Wildman–Crippen MR) is 65.3 cm³/mol. The molecule has 0 N–H and O–H groups in total. The molecule has 0 aromatic carbocycles. The minimum Gasteiger partial charge on any atom is -0.378 e. The third-order valence-electron chi connectivity index (χ3n) is 3.28. The van der Waals surface area contributed by atoms with Gasteiger partial charge in [-0.05, 0) is 12.8 Å². The van der Waals surface area contributed by atoms with Crippen LogP contribution in [0.2, 0.25) is 0 Å². The largest absolute Gasteiger partial charge is 0.378 e. The first-order valence-corrected chi connectivity index (χ1v) is 6.74. The van der Waals surface area contributed by atoms with E-state index in [1.165, 1.54) is 19.3 Å². The van der Waals surface area contributed by atoms with Crippen LogP contribution in [0.5, 0.6) is 0 Å². The van der Waals surface area contributed by atoms with E-state index >= 15 is 0 Å². The summed E-state index contributed by atoms with van der Waals surface area (Å²) in [6, 6.07) is 0. The van der Waals surface area contributed by atoms with Crippen LogP contribution in [0, 0.1) is 5.92 Å². The van der Waals surface area contributed by atoms with Gasteiger partial charge in [0.05, 0.1) is 13.2 Å². The van der Waals surface area contributed by atoms with Gasteiger partial charge in [-0.2, -0.15) is 0 Å². The average molecular weight is 227 g/mol. The van der Waals surface area contributed by atoms with Crippen molar-refractivity contribution >= 4 is 5.91 Å². The van der Waals surface area contributed by atoms with Crippen LogP contribution < -0.4 is 0 Å². The van der Waals surface area contributed by atoms with Crippen molar-refractivity contribution in [1.82, 2.24) is 4.90 Å². The van der Waals surface area contributed by atoms with Crippen molar-refractivity contribution < 1.29 is 9.53 Å². The van der Waals surface area contributed by atoms with E-state index in [2.05, 4.69) is 0 Å². The van der Waals surface area contributed by atoms with Gasteiger partial charge in [0.1, 0.15) is 0 Å². The van der Waals surface area contributed by atoms with E-state index in [0.717, 1.165) is 39.1 Å². The summed E-state index contributed by atoms with van der Waals surface area (Å²) in [4.78, 5) is 14.0. The first kappa shape index (κ1) is 13.5. The van der Waals surface area contributed by atoms with E-state index in [9.17, 15) is 4.79 Å². The monoisotopic (exact) mass is 227 g/mol. The van der Waals surface area contributed by atoms with Crippen LogP contribution in [0.4, 0.5) is 0 Å². The van der Waals surface area contributed by atoms with Crippen molar-refractivity contribution in [1.29, 1.82) is 0 Å². The van der Waals surface area contributed by atoms with Crippen molar-refractivity contribution in [3.8, 4) is 0 Å². The van der Waals surface area contributed by atoms with Crippen LogP contribution in [0.1, 0.15) is 46.0 Å². The van der Waals surface area contributed by atoms with Crippen molar-refractivity contribution in [2.24, 2.45) is 5.92 Å². The lowest BCUT2D eigenvalue weighted by molar-refractivity contribution is -0.140. The number of amides is 1. The van der Waals surface area contributed by atoms with E-state index in [0.29, 0.717) is 11.8 Å². The molecule has 0 radical (unpaired) electrons. The van der Waals surface area contributed by atoms with E-state index < -0.39 is 0 Å². The summed E-state index contributed by atoms with van der Waals surface area (Å²) < 4.78 is 5.24. The molecule has 1 aliphatic heterocycles. The fourth-order valence-corrected chi connectivity index (χ4v) is 2.39. The highest BCUT2D eigenvalue weighted by atomic mass is 16.5. The van der Waals surface area contributed by atoms with Crippen molar-refractivity contribution in [3.63, 3.8) is 0 Å². The first-order chi connectivity index (χ1) is 7.88. The zero-order valence-corrected chi connectivity index (χ0v) is 10.7. The number of rotatable bonds is 1. The minimum absolute atomic E-state index is 0.321. The third-order valence-corrected chi connectivity index (χ3v) is 3.28. The minimum atomic E-state index is 0.321. The second-order valence-corrected chi connectivity index (χ2v) is 4.27. The summed E-state index contributed by atoms with van der Waals surface area (Å²) in [6.45, 7) is 7.04. The number of carbonyl (C=O) groups is 1. The van der Waals surface area contributed by atoms with E-state index in [1.54, 1.807) is 0 Å². The van der Waals surface area contributed by atoms with Crippen molar-refractivity contribution in [3.05, 3.63) is 0 Å². The highest BCUT2D eigenvalue weighted by Gasteiger charge is 2.26. The maximum Gasteiger partial charge on any atom is 0.225 e. The van der Waals surface area contributed by atoms with Crippen LogP contribution in [-0.2, 0) is 9.53 Å². The summed E-state index contributed by atoms with van der Waals surface area (Å²) in [5, 5.41) is 0. The van der Waals surface area contributed by atoms with E-state index in [-0.39, 0.29) is 0 Å². The zero-order chi connectivity index (χ0) is 11.8. The molecule has 0 bridgehead atoms. The Morgan fingerprint density at radius 3 is 2.19 bits per heavy atom. The Labute approximate surface area is 99.1 Å². The summed E-state index contributed by atoms with van der Waals surface area (Å²) in [6.07, 6.45) is 6.00. The Morgan fingerprint density at radius 2 is 1.62 bits per heavy atom. The molecule has 16 heavy (non-hydrogen) atoms. The molecule has 0 aromatic heterocycles. The Morgan fingerprint density at radius 1 is 1.06 bits per heavy atom. The van der Waals surface area contributed by atoms with Gasteiger partial charge in [0, 0.05) is 19.0 Å². The Balaban J connectivity index is 0.000000606. The van der Waals surface area contributed by atoms with Gasteiger partial charge in [0.15, 0.2) is 0 Å². The quantitative estimate of drug-likeness (QED) is 0.688. The molecular weight excluding hydrogens is 202 g/mol. The molecule has 3 heteroatoms. The molecule has 2 rings (SSSR count). The number of nitrogens with zero attached hydrogens (tertiary/aromatic N) is 1. The standard InChI is InChI=1S/C11H19NO2.C2H6/c13-11(10-4-2-1-3-5-10)12-6-8-14-9-7-12;1-2/h10H,1-9H2;1-2H3. The Hall–Kier alpha value is -0.570. The van der Waals surface area contributed by atoms with Gasteiger partial charge in [-0.15, -0.1) is 0 Å². The summed E-state index contributed by atoms with van der Waals surface area (Å²) in [7, 11) is 0. The topological polar surface area (TPSA) is 29.5 Å². The SMILES string of the molecule is CC.O=C(C1CCCCC1)N1CCOCC1. The highest BCUT2D eigenvalue weighted by molar-refractivity contribution is 5.79. The molecule has 2 fully saturated rings. The molecule has 1 amide bonds. The van der Waals surface area contributed by atoms with Crippen LogP contribution in [0.3, 0.4) is 0 Å². The van der Waals surface area contributed by atoms with Crippen molar-refractivity contribution in [2.75, 3.05) is 26.3 Å². The smallest absolute Gasteiger partial charge is 0.225 e. The molecule has 94 valence electrons. The second-order valence-electron chi connectivity index (χ2n) is 4.27. The fraction of sp³-hybridized carbons (Fsp3) is 0.923. The molecule has 1 saturated heterocycles. The summed E-state index contributed by atoms with van der Waals surface area (Å²) >= 11 is 0. The number of morpholine rings is 1. The molecule has 1 heterocycles. The van der Waals surface area contributed by atoms with Crippen LogP contribution in [0.25, 0.3) is 0 Å². The van der Waals surface area contributed by atoms with Gasteiger partial charge >= 0.3 is 0 Å². The lowest BCUT2D eigenvalue weighted by Crippen LogP contribution is -2.44. The van der Waals surface area contributed by atoms with Gasteiger partial charge in [-0.25, -0.2) is 0 Å². The molecule has 0 spiro atoms. The van der Waals surface area contributed by atoms with Crippen molar-refractivity contribution in [2.45, 2.75) is 46.0 Å². The van der Waals surface area contributed by atoms with Gasteiger partial charge in [-0.3, -0.25) is 4.79 Å². The number of hydrogen-bond acceptors (Lipinski definition) is 2. The fourth-order valence-electron chi connectivity index (χ4n) is 2.39. The molecule has 0 unspecified atom stereocenters. The number of ether oxygens (including phenoxy) is 1. The van der Waals surface area contributed by atoms with Crippen LogP contribution in [-0.4, -0.2) is 37.1 Å². The number of hydrogen-bond donors (Lipinski definition) is 0. The molecule has 1 saturated carbocycles. The average Bonchev–Trinajstić information content (AvgIpc) is 2.42. The second kappa shape index (κ2) is 7.66. The summed E-state index contributed by atoms with van der Waals surface area (Å²) in [5.74, 6) is 0.704. The van der Waals surface area contributed by atoms with E-state index in [1.807, 2.05) is 18.7 Å². The lowest BCUT2D eigenvalue weighted by Gasteiger charge is -2.31. The first-order valence-electron chi connectivity index (χ1n) is 6.74. The summed E-state index contributed by atoms with van der Waals surface area (Å²) in [5.41, 5.74) is 0. The van der Waals surface area contributed by atoms with Crippen LogP contribution >= 0.6 is 0 Å². The molecule has 3 nitrogen and oxygen atoms in total. The van der Waals surface area contributed by atoms with E-state index in [4.69, 9.17) is 4.74 Å². The van der Waals surface area contributed by atoms with Crippen LogP contribution in [0.15, 0.2) is 0 Å². The molecule has 2 aliphatic rings. The van der Waals surface area contributed by atoms with Gasteiger partial charge in [-0.1, -0.05) is 33.1 Å². The van der Waals surface area contributed by atoms with Gasteiger partial charge in [0.25, 0.3) is 0 Å². The predicted octanol–water partition coefficient (Wildman–Crippen LogP) is 2.45. The van der Waals surface area contributed by atoms with Gasteiger partial charge in [0.2, 0.25) is 5.91 Å².